The molecule has 3 N–H and O–H groups in total. The van der Waals surface area contributed by atoms with Crippen LogP contribution < -0.4 is 11.1 Å². The molecule has 0 heterocycles. The lowest BCUT2D eigenvalue weighted by Gasteiger charge is -2.11. The van der Waals surface area contributed by atoms with Gasteiger partial charge in [0, 0.05) is 0 Å². The van der Waals surface area contributed by atoms with Gasteiger partial charge >= 0.3 is 5.97 Å². The first-order valence-corrected chi connectivity index (χ1v) is 6.29. The Hall–Kier alpha value is -1.13. The van der Waals surface area contributed by atoms with Crippen molar-refractivity contribution in [1.82, 2.24) is 0 Å². The highest BCUT2D eigenvalue weighted by molar-refractivity contribution is 6.42. The highest BCUT2D eigenvalue weighted by Crippen LogP contribution is 2.30. The van der Waals surface area contributed by atoms with E-state index in [9.17, 15) is 4.79 Å². The normalized spacial score (nSPS) is 10.5. The first kappa shape index (κ1) is 14.9. The van der Waals surface area contributed by atoms with Crippen LogP contribution in [0.2, 0.25) is 10.0 Å². The molecule has 0 unspecified atom stereocenters. The van der Waals surface area contributed by atoms with Crippen molar-refractivity contribution in [3.8, 4) is 0 Å². The maximum Gasteiger partial charge on any atom is 0.325 e. The molecule has 0 fully saturated rings. The number of rotatable bonds is 5. The molecule has 0 aliphatic carbocycles. The van der Waals surface area contributed by atoms with Crippen molar-refractivity contribution in [2.24, 2.45) is 5.92 Å². The van der Waals surface area contributed by atoms with E-state index in [2.05, 4.69) is 5.32 Å². The zero-order valence-corrected chi connectivity index (χ0v) is 11.8. The summed E-state index contributed by atoms with van der Waals surface area (Å²) in [6, 6.07) is 3.11. The number of anilines is 2. The van der Waals surface area contributed by atoms with Gasteiger partial charge in [-0.15, -0.1) is 0 Å². The molecular formula is C12H16Cl2N2O2. The number of ether oxygens (including phenoxy) is 1. The van der Waals surface area contributed by atoms with Gasteiger partial charge in [-0.05, 0) is 18.1 Å². The maximum atomic E-state index is 11.4. The molecule has 100 valence electrons. The zero-order valence-electron chi connectivity index (χ0n) is 10.3. The van der Waals surface area contributed by atoms with E-state index in [-0.39, 0.29) is 12.5 Å². The van der Waals surface area contributed by atoms with Gasteiger partial charge in [0.25, 0.3) is 0 Å². The average Bonchev–Trinajstić information content (AvgIpc) is 2.29. The molecule has 6 heteroatoms. The number of benzene rings is 1. The van der Waals surface area contributed by atoms with Crippen LogP contribution in [0.15, 0.2) is 12.1 Å². The van der Waals surface area contributed by atoms with E-state index in [1.54, 1.807) is 6.07 Å². The fourth-order valence-electron chi connectivity index (χ4n) is 1.19. The predicted molar refractivity (Wildman–Crippen MR) is 75.2 cm³/mol. The molecule has 0 spiro atoms. The number of hydrogen-bond acceptors (Lipinski definition) is 4. The summed E-state index contributed by atoms with van der Waals surface area (Å²) < 4.78 is 5.02. The lowest BCUT2D eigenvalue weighted by molar-refractivity contribution is -0.142. The Bertz CT molecular complexity index is 436. The van der Waals surface area contributed by atoms with E-state index in [0.717, 1.165) is 0 Å². The van der Waals surface area contributed by atoms with Crippen LogP contribution in [0.25, 0.3) is 0 Å². The van der Waals surface area contributed by atoms with E-state index in [1.165, 1.54) is 6.07 Å². The van der Waals surface area contributed by atoms with Crippen LogP contribution in [-0.4, -0.2) is 19.1 Å². The molecule has 0 bridgehead atoms. The zero-order chi connectivity index (χ0) is 13.7. The first-order valence-electron chi connectivity index (χ1n) is 5.54. The summed E-state index contributed by atoms with van der Waals surface area (Å²) in [4.78, 5) is 11.4. The minimum Gasteiger partial charge on any atom is -0.464 e. The van der Waals surface area contributed by atoms with Crippen molar-refractivity contribution in [2.75, 3.05) is 24.2 Å². The Kier molecular flexibility index (Phi) is 5.56. The average molecular weight is 291 g/mol. The second-order valence-corrected chi connectivity index (χ2v) is 5.10. The number of carbonyl (C=O) groups is 1. The van der Waals surface area contributed by atoms with Crippen molar-refractivity contribution in [3.05, 3.63) is 22.2 Å². The van der Waals surface area contributed by atoms with Gasteiger partial charge in [0.15, 0.2) is 0 Å². The topological polar surface area (TPSA) is 64.3 Å². The Labute approximate surface area is 116 Å². The molecule has 0 atom stereocenters. The van der Waals surface area contributed by atoms with Crippen LogP contribution in [-0.2, 0) is 9.53 Å². The van der Waals surface area contributed by atoms with E-state index in [4.69, 9.17) is 33.7 Å². The van der Waals surface area contributed by atoms with Gasteiger partial charge in [-0.2, -0.15) is 0 Å². The fraction of sp³-hybridized carbons (Fsp3) is 0.417. The number of nitrogens with one attached hydrogen (secondary N) is 1. The molecule has 0 radical (unpaired) electrons. The minimum absolute atomic E-state index is 0.0366. The van der Waals surface area contributed by atoms with Crippen LogP contribution >= 0.6 is 23.2 Å². The molecule has 0 amide bonds. The number of carbonyl (C=O) groups excluding carboxylic acids is 1. The molecule has 18 heavy (non-hydrogen) atoms. The van der Waals surface area contributed by atoms with Crippen LogP contribution in [0.4, 0.5) is 11.4 Å². The van der Waals surface area contributed by atoms with Gasteiger partial charge in [-0.3, -0.25) is 4.79 Å². The second kappa shape index (κ2) is 6.71. The van der Waals surface area contributed by atoms with Crippen LogP contribution in [0.5, 0.6) is 0 Å². The van der Waals surface area contributed by atoms with Crippen molar-refractivity contribution in [2.45, 2.75) is 13.8 Å². The lowest BCUT2D eigenvalue weighted by Crippen LogP contribution is -2.19. The number of nitrogens with two attached hydrogens (primary N) is 1. The van der Waals surface area contributed by atoms with Crippen molar-refractivity contribution >= 4 is 40.5 Å². The summed E-state index contributed by atoms with van der Waals surface area (Å²) in [6.45, 7) is 4.38. The summed E-state index contributed by atoms with van der Waals surface area (Å²) in [6.07, 6.45) is 0. The third-order valence-corrected chi connectivity index (χ3v) is 2.82. The molecule has 1 aromatic rings. The molecule has 0 aromatic heterocycles. The highest BCUT2D eigenvalue weighted by Gasteiger charge is 2.08. The van der Waals surface area contributed by atoms with Crippen LogP contribution in [0, 0.1) is 5.92 Å². The molecule has 1 aromatic carbocycles. The van der Waals surface area contributed by atoms with E-state index in [0.29, 0.717) is 33.9 Å². The number of hydrogen-bond donors (Lipinski definition) is 2. The van der Waals surface area contributed by atoms with E-state index < -0.39 is 0 Å². The number of esters is 1. The van der Waals surface area contributed by atoms with Crippen LogP contribution in [0.1, 0.15) is 13.8 Å². The largest absolute Gasteiger partial charge is 0.464 e. The highest BCUT2D eigenvalue weighted by atomic mass is 35.5. The molecule has 0 saturated carbocycles. The second-order valence-electron chi connectivity index (χ2n) is 4.28. The van der Waals surface area contributed by atoms with Gasteiger partial charge in [0.1, 0.15) is 6.54 Å². The Morgan fingerprint density at radius 2 is 2.00 bits per heavy atom. The first-order chi connectivity index (χ1) is 8.40. The summed E-state index contributed by atoms with van der Waals surface area (Å²) in [5.74, 6) is -0.0295. The maximum absolute atomic E-state index is 11.4. The minimum atomic E-state index is -0.339. The van der Waals surface area contributed by atoms with Crippen molar-refractivity contribution in [3.63, 3.8) is 0 Å². The molecule has 1 rings (SSSR count). The smallest absolute Gasteiger partial charge is 0.325 e. The SMILES string of the molecule is CC(C)COC(=O)CNc1cc(Cl)c(Cl)cc1N. The summed E-state index contributed by atoms with van der Waals surface area (Å²) in [5.41, 5.74) is 6.73. The summed E-state index contributed by atoms with van der Waals surface area (Å²) in [5, 5.41) is 3.62. The number of nitrogen functional groups attached to an aromatic ring is 1. The standard InChI is InChI=1S/C12H16Cl2N2O2/c1-7(2)6-18-12(17)5-16-11-4-9(14)8(13)3-10(11)15/h3-4,7,16H,5-6,15H2,1-2H3. The Morgan fingerprint density at radius 1 is 1.39 bits per heavy atom. The molecule has 0 aliphatic rings. The third-order valence-electron chi connectivity index (χ3n) is 2.09. The molecule has 0 aliphatic heterocycles. The lowest BCUT2D eigenvalue weighted by atomic mass is 10.2. The summed E-state index contributed by atoms with van der Waals surface area (Å²) >= 11 is 11.7. The third kappa shape index (κ3) is 4.63. The van der Waals surface area contributed by atoms with Gasteiger partial charge in [-0.25, -0.2) is 0 Å². The summed E-state index contributed by atoms with van der Waals surface area (Å²) in [7, 11) is 0. The van der Waals surface area contributed by atoms with Gasteiger partial charge < -0.3 is 15.8 Å². The van der Waals surface area contributed by atoms with Crippen molar-refractivity contribution < 1.29 is 9.53 Å². The van der Waals surface area contributed by atoms with Crippen molar-refractivity contribution in [1.29, 1.82) is 0 Å². The number of halogens is 2. The Morgan fingerprint density at radius 3 is 2.61 bits per heavy atom. The Balaban J connectivity index is 2.53. The fourth-order valence-corrected chi connectivity index (χ4v) is 1.53. The van der Waals surface area contributed by atoms with Gasteiger partial charge in [0.2, 0.25) is 0 Å². The van der Waals surface area contributed by atoms with Gasteiger partial charge in [0.05, 0.1) is 28.0 Å². The molecular weight excluding hydrogens is 275 g/mol. The monoisotopic (exact) mass is 290 g/mol. The molecule has 4 nitrogen and oxygen atoms in total. The predicted octanol–water partition coefficient (Wildman–Crippen LogP) is 3.19. The van der Waals surface area contributed by atoms with Gasteiger partial charge in [-0.1, -0.05) is 37.0 Å². The van der Waals surface area contributed by atoms with E-state index >= 15 is 0 Å². The quantitative estimate of drug-likeness (QED) is 0.646. The molecule has 0 saturated heterocycles. The van der Waals surface area contributed by atoms with Crippen LogP contribution in [0.3, 0.4) is 0 Å². The van der Waals surface area contributed by atoms with E-state index in [1.807, 2.05) is 13.8 Å².